The molecule has 0 spiro atoms. The van der Waals surface area contributed by atoms with Gasteiger partial charge >= 0.3 is 0 Å². The Kier molecular flexibility index (Phi) is 2.87. The van der Waals surface area contributed by atoms with E-state index >= 15 is 0 Å². The van der Waals surface area contributed by atoms with Gasteiger partial charge in [0, 0.05) is 11.6 Å². The quantitative estimate of drug-likeness (QED) is 0.655. The minimum absolute atomic E-state index is 0.0695. The highest BCUT2D eigenvalue weighted by atomic mass is 35.5. The molecule has 1 nitrogen and oxygen atoms in total. The van der Waals surface area contributed by atoms with E-state index in [1.165, 1.54) is 13.2 Å². The lowest BCUT2D eigenvalue weighted by Gasteiger charge is -2.03. The second-order valence-corrected chi connectivity index (χ2v) is 2.48. The molecule has 0 N–H and O–H groups in total. The van der Waals surface area contributed by atoms with Gasteiger partial charge in [-0.05, 0) is 6.07 Å². The third kappa shape index (κ3) is 1.67. The van der Waals surface area contributed by atoms with Gasteiger partial charge in [-0.25, -0.2) is 8.78 Å². The first-order chi connectivity index (χ1) is 5.69. The zero-order valence-corrected chi connectivity index (χ0v) is 7.16. The van der Waals surface area contributed by atoms with Crippen molar-refractivity contribution in [3.05, 3.63) is 29.3 Å². The van der Waals surface area contributed by atoms with E-state index in [0.29, 0.717) is 0 Å². The number of benzene rings is 1. The molecule has 12 heavy (non-hydrogen) atoms. The summed E-state index contributed by atoms with van der Waals surface area (Å²) in [4.78, 5) is 0. The van der Waals surface area contributed by atoms with E-state index in [1.807, 2.05) is 0 Å². The molecule has 0 unspecified atom stereocenters. The first kappa shape index (κ1) is 9.26. The van der Waals surface area contributed by atoms with Crippen molar-refractivity contribution >= 4 is 11.6 Å². The van der Waals surface area contributed by atoms with Gasteiger partial charge in [-0.15, -0.1) is 11.6 Å². The monoisotopic (exact) mass is 192 g/mol. The lowest BCUT2D eigenvalue weighted by atomic mass is 10.2. The fraction of sp³-hybridized carbons (Fsp3) is 0.250. The number of hydrogen-bond acceptors (Lipinski definition) is 1. The second kappa shape index (κ2) is 3.72. The van der Waals surface area contributed by atoms with Crippen molar-refractivity contribution in [3.63, 3.8) is 0 Å². The predicted molar refractivity (Wildman–Crippen MR) is 42.5 cm³/mol. The Morgan fingerprint density at radius 2 is 2.08 bits per heavy atom. The highest BCUT2D eigenvalue weighted by Crippen LogP contribution is 2.21. The summed E-state index contributed by atoms with van der Waals surface area (Å²) in [5.74, 6) is -1.65. The molecule has 0 aliphatic heterocycles. The van der Waals surface area contributed by atoms with Crippen LogP contribution in [-0.4, -0.2) is 7.11 Å². The summed E-state index contributed by atoms with van der Waals surface area (Å²) in [7, 11) is 1.38. The Bertz CT molecular complexity index is 289. The Labute approximate surface area is 73.9 Å². The van der Waals surface area contributed by atoms with Crippen LogP contribution in [0.3, 0.4) is 0 Å². The van der Waals surface area contributed by atoms with Crippen LogP contribution in [0.2, 0.25) is 0 Å². The normalized spacial score (nSPS) is 10.0. The zero-order chi connectivity index (χ0) is 9.14. The Morgan fingerprint density at radius 3 is 2.58 bits per heavy atom. The number of alkyl halides is 1. The fourth-order valence-corrected chi connectivity index (χ4v) is 1.03. The summed E-state index contributed by atoms with van der Waals surface area (Å²) in [5, 5.41) is 0. The van der Waals surface area contributed by atoms with Gasteiger partial charge in [0.1, 0.15) is 5.75 Å². The number of rotatable bonds is 2. The number of methoxy groups -OCH3 is 1. The maximum atomic E-state index is 12.8. The van der Waals surface area contributed by atoms with Gasteiger partial charge in [-0.1, -0.05) is 0 Å². The number of halogens is 3. The summed E-state index contributed by atoms with van der Waals surface area (Å²) < 4.78 is 30.2. The average Bonchev–Trinajstić information content (AvgIpc) is 2.09. The summed E-state index contributed by atoms with van der Waals surface area (Å²) in [6.45, 7) is 0. The summed E-state index contributed by atoms with van der Waals surface area (Å²) in [6.07, 6.45) is 0. The standard InChI is InChI=1S/C8H7ClF2O/c1-12-6-2-5(4-9)8(11)7(10)3-6/h2-3H,4H2,1H3. The van der Waals surface area contributed by atoms with E-state index in [9.17, 15) is 8.78 Å². The zero-order valence-electron chi connectivity index (χ0n) is 6.40. The number of ether oxygens (including phenoxy) is 1. The first-order valence-corrected chi connectivity index (χ1v) is 3.80. The van der Waals surface area contributed by atoms with Crippen molar-refractivity contribution in [1.29, 1.82) is 0 Å². The topological polar surface area (TPSA) is 9.23 Å². The first-order valence-electron chi connectivity index (χ1n) is 3.27. The molecule has 0 amide bonds. The largest absolute Gasteiger partial charge is 0.497 e. The molecule has 1 rings (SSSR count). The van der Waals surface area contributed by atoms with E-state index in [2.05, 4.69) is 0 Å². The molecule has 0 saturated heterocycles. The van der Waals surface area contributed by atoms with E-state index in [4.69, 9.17) is 16.3 Å². The van der Waals surface area contributed by atoms with Gasteiger partial charge in [0.25, 0.3) is 0 Å². The number of hydrogen-bond donors (Lipinski definition) is 0. The van der Waals surface area contributed by atoms with Gasteiger partial charge in [-0.2, -0.15) is 0 Å². The molecule has 0 radical (unpaired) electrons. The Balaban J connectivity index is 3.19. The predicted octanol–water partition coefficient (Wildman–Crippen LogP) is 2.71. The molecule has 0 aromatic heterocycles. The molecule has 4 heteroatoms. The van der Waals surface area contributed by atoms with Gasteiger partial charge in [0.2, 0.25) is 0 Å². The van der Waals surface area contributed by atoms with Crippen LogP contribution < -0.4 is 4.74 Å². The second-order valence-electron chi connectivity index (χ2n) is 2.22. The van der Waals surface area contributed by atoms with Gasteiger partial charge in [0.05, 0.1) is 13.0 Å². The van der Waals surface area contributed by atoms with Crippen LogP contribution in [-0.2, 0) is 5.88 Å². The Hall–Kier alpha value is -0.830. The SMILES string of the molecule is COc1cc(F)c(F)c(CCl)c1. The van der Waals surface area contributed by atoms with Crippen LogP contribution in [0.5, 0.6) is 5.75 Å². The molecule has 0 fully saturated rings. The maximum absolute atomic E-state index is 12.8. The fourth-order valence-electron chi connectivity index (χ4n) is 0.833. The van der Waals surface area contributed by atoms with Crippen molar-refractivity contribution in [2.24, 2.45) is 0 Å². The third-order valence-electron chi connectivity index (χ3n) is 1.46. The van der Waals surface area contributed by atoms with Gasteiger partial charge in [0.15, 0.2) is 11.6 Å². The summed E-state index contributed by atoms with van der Waals surface area (Å²) in [6, 6.07) is 2.34. The summed E-state index contributed by atoms with van der Waals surface area (Å²) in [5.41, 5.74) is 0.105. The van der Waals surface area contributed by atoms with E-state index in [-0.39, 0.29) is 17.2 Å². The van der Waals surface area contributed by atoms with Gasteiger partial charge < -0.3 is 4.74 Å². The smallest absolute Gasteiger partial charge is 0.163 e. The average molecular weight is 193 g/mol. The van der Waals surface area contributed by atoms with Crippen LogP contribution in [0.25, 0.3) is 0 Å². The molecular weight excluding hydrogens is 186 g/mol. The minimum atomic E-state index is -0.940. The molecular formula is C8H7ClF2O. The van der Waals surface area contributed by atoms with Crippen LogP contribution in [0, 0.1) is 11.6 Å². The molecule has 1 aromatic carbocycles. The summed E-state index contributed by atoms with van der Waals surface area (Å²) >= 11 is 5.37. The lowest BCUT2D eigenvalue weighted by molar-refractivity contribution is 0.405. The lowest BCUT2D eigenvalue weighted by Crippen LogP contribution is -1.94. The molecule has 0 atom stereocenters. The molecule has 0 bridgehead atoms. The molecule has 0 heterocycles. The van der Waals surface area contributed by atoms with Crippen molar-refractivity contribution < 1.29 is 13.5 Å². The Morgan fingerprint density at radius 1 is 1.42 bits per heavy atom. The van der Waals surface area contributed by atoms with E-state index in [0.717, 1.165) is 6.07 Å². The highest BCUT2D eigenvalue weighted by molar-refractivity contribution is 6.17. The molecule has 0 saturated carbocycles. The van der Waals surface area contributed by atoms with Crippen LogP contribution in [0.15, 0.2) is 12.1 Å². The maximum Gasteiger partial charge on any atom is 0.163 e. The molecule has 1 aromatic rings. The third-order valence-corrected chi connectivity index (χ3v) is 1.74. The molecule has 66 valence electrons. The van der Waals surface area contributed by atoms with Crippen LogP contribution in [0.1, 0.15) is 5.56 Å². The van der Waals surface area contributed by atoms with Crippen molar-refractivity contribution in [3.8, 4) is 5.75 Å². The van der Waals surface area contributed by atoms with E-state index in [1.54, 1.807) is 0 Å². The van der Waals surface area contributed by atoms with Crippen molar-refractivity contribution in [1.82, 2.24) is 0 Å². The van der Waals surface area contributed by atoms with E-state index < -0.39 is 11.6 Å². The van der Waals surface area contributed by atoms with Crippen LogP contribution >= 0.6 is 11.6 Å². The minimum Gasteiger partial charge on any atom is -0.497 e. The highest BCUT2D eigenvalue weighted by Gasteiger charge is 2.09. The van der Waals surface area contributed by atoms with Crippen LogP contribution in [0.4, 0.5) is 8.78 Å². The molecule has 0 aliphatic carbocycles. The molecule has 0 aliphatic rings. The van der Waals surface area contributed by atoms with Crippen molar-refractivity contribution in [2.75, 3.05) is 7.11 Å². The van der Waals surface area contributed by atoms with Crippen molar-refractivity contribution in [2.45, 2.75) is 5.88 Å². The van der Waals surface area contributed by atoms with Gasteiger partial charge in [-0.3, -0.25) is 0 Å².